The highest BCUT2D eigenvalue weighted by molar-refractivity contribution is 7.08. The monoisotopic (exact) mass is 209 g/mol. The summed E-state index contributed by atoms with van der Waals surface area (Å²) < 4.78 is 0. The second-order valence-corrected chi connectivity index (χ2v) is 3.95. The quantitative estimate of drug-likeness (QED) is 0.719. The lowest BCUT2D eigenvalue weighted by Gasteiger charge is -1.93. The van der Waals surface area contributed by atoms with E-state index in [-0.39, 0.29) is 5.91 Å². The van der Waals surface area contributed by atoms with Crippen LogP contribution in [0.1, 0.15) is 31.2 Å². The highest BCUT2D eigenvalue weighted by atomic mass is 32.1. The van der Waals surface area contributed by atoms with Gasteiger partial charge in [0.05, 0.1) is 0 Å². The van der Waals surface area contributed by atoms with Crippen molar-refractivity contribution in [2.24, 2.45) is 5.73 Å². The van der Waals surface area contributed by atoms with Crippen molar-refractivity contribution in [3.8, 4) is 0 Å². The highest BCUT2D eigenvalue weighted by Crippen LogP contribution is 2.09. The number of primary amides is 1. The van der Waals surface area contributed by atoms with Crippen molar-refractivity contribution in [3.05, 3.63) is 28.5 Å². The Labute approximate surface area is 88.4 Å². The van der Waals surface area contributed by atoms with E-state index in [0.29, 0.717) is 6.42 Å². The van der Waals surface area contributed by atoms with Gasteiger partial charge in [-0.3, -0.25) is 4.79 Å². The Morgan fingerprint density at radius 2 is 2.36 bits per heavy atom. The molecule has 2 N–H and O–H groups in total. The molecule has 0 atom stereocenters. The third kappa shape index (κ3) is 4.82. The number of nitrogens with two attached hydrogens (primary N) is 1. The number of amides is 1. The van der Waals surface area contributed by atoms with E-state index in [9.17, 15) is 4.79 Å². The number of rotatable bonds is 6. The van der Waals surface area contributed by atoms with E-state index in [4.69, 9.17) is 5.73 Å². The van der Waals surface area contributed by atoms with Crippen molar-refractivity contribution in [1.29, 1.82) is 0 Å². The van der Waals surface area contributed by atoms with Gasteiger partial charge in [0.15, 0.2) is 0 Å². The molecule has 1 rings (SSSR count). The summed E-state index contributed by atoms with van der Waals surface area (Å²) >= 11 is 1.70. The second kappa shape index (κ2) is 6.38. The third-order valence-corrected chi connectivity index (χ3v) is 2.60. The van der Waals surface area contributed by atoms with Gasteiger partial charge in [0, 0.05) is 6.42 Å². The largest absolute Gasteiger partial charge is 0.370 e. The molecule has 1 heterocycles. The maximum Gasteiger partial charge on any atom is 0.217 e. The van der Waals surface area contributed by atoms with Gasteiger partial charge in [-0.2, -0.15) is 11.3 Å². The molecule has 1 aromatic rings. The smallest absolute Gasteiger partial charge is 0.217 e. The van der Waals surface area contributed by atoms with Crippen LogP contribution in [0, 0.1) is 0 Å². The molecule has 0 aliphatic rings. The van der Waals surface area contributed by atoms with Crippen LogP contribution in [0.4, 0.5) is 0 Å². The minimum absolute atomic E-state index is 0.202. The topological polar surface area (TPSA) is 43.1 Å². The van der Waals surface area contributed by atoms with Gasteiger partial charge < -0.3 is 5.73 Å². The van der Waals surface area contributed by atoms with Gasteiger partial charge >= 0.3 is 0 Å². The first-order valence-corrected chi connectivity index (χ1v) is 5.70. The zero-order valence-corrected chi connectivity index (χ0v) is 8.93. The van der Waals surface area contributed by atoms with Gasteiger partial charge in [-0.1, -0.05) is 12.2 Å². The Bertz CT molecular complexity index is 290. The van der Waals surface area contributed by atoms with Gasteiger partial charge in [-0.25, -0.2) is 0 Å². The standard InChI is InChI=1S/C11H15NOS/c12-11(13)6-4-2-1-3-5-10-7-8-14-9-10/h3,5,7-9H,1-2,4,6H2,(H2,12,13). The molecule has 0 spiro atoms. The fraction of sp³-hybridized carbons (Fsp3) is 0.364. The fourth-order valence-electron chi connectivity index (χ4n) is 1.15. The number of unbranched alkanes of at least 4 members (excludes halogenated alkanes) is 2. The van der Waals surface area contributed by atoms with Crippen LogP contribution in [0.5, 0.6) is 0 Å². The Hall–Kier alpha value is -1.09. The summed E-state index contributed by atoms with van der Waals surface area (Å²) in [4.78, 5) is 10.4. The summed E-state index contributed by atoms with van der Waals surface area (Å²) in [6.45, 7) is 0. The zero-order chi connectivity index (χ0) is 10.2. The summed E-state index contributed by atoms with van der Waals surface area (Å²) in [5.74, 6) is -0.202. The molecular weight excluding hydrogens is 194 g/mol. The van der Waals surface area contributed by atoms with Gasteiger partial charge in [0.25, 0.3) is 0 Å². The van der Waals surface area contributed by atoms with Gasteiger partial charge in [-0.05, 0) is 41.7 Å². The van der Waals surface area contributed by atoms with E-state index in [1.54, 1.807) is 11.3 Å². The number of thiophene rings is 1. The number of hydrogen-bond donors (Lipinski definition) is 1. The van der Waals surface area contributed by atoms with Crippen molar-refractivity contribution in [2.45, 2.75) is 25.7 Å². The molecule has 0 radical (unpaired) electrons. The lowest BCUT2D eigenvalue weighted by molar-refractivity contribution is -0.118. The predicted octanol–water partition coefficient (Wildman–Crippen LogP) is 2.81. The molecule has 0 saturated carbocycles. The number of allylic oxidation sites excluding steroid dienone is 1. The number of hydrogen-bond acceptors (Lipinski definition) is 2. The van der Waals surface area contributed by atoms with E-state index in [1.165, 1.54) is 5.56 Å². The summed E-state index contributed by atoms with van der Waals surface area (Å²) in [5, 5.41) is 4.17. The fourth-order valence-corrected chi connectivity index (χ4v) is 1.78. The Kier molecular flexibility index (Phi) is 5.00. The zero-order valence-electron chi connectivity index (χ0n) is 8.11. The van der Waals surface area contributed by atoms with Gasteiger partial charge in [-0.15, -0.1) is 0 Å². The van der Waals surface area contributed by atoms with Crippen LogP contribution >= 0.6 is 11.3 Å². The summed E-state index contributed by atoms with van der Waals surface area (Å²) in [6, 6.07) is 2.09. The number of carbonyl (C=O) groups is 1. The molecule has 0 aromatic carbocycles. The average molecular weight is 209 g/mol. The molecule has 3 heteroatoms. The van der Waals surface area contributed by atoms with Crippen LogP contribution < -0.4 is 5.73 Å². The van der Waals surface area contributed by atoms with Crippen LogP contribution in [-0.2, 0) is 4.79 Å². The van der Waals surface area contributed by atoms with E-state index in [1.807, 2.05) is 0 Å². The van der Waals surface area contributed by atoms with E-state index < -0.39 is 0 Å². The molecule has 0 unspecified atom stereocenters. The summed E-state index contributed by atoms with van der Waals surface area (Å²) in [5.41, 5.74) is 6.28. The molecule has 2 nitrogen and oxygen atoms in total. The molecule has 0 aliphatic carbocycles. The van der Waals surface area contributed by atoms with Crippen molar-refractivity contribution in [3.63, 3.8) is 0 Å². The van der Waals surface area contributed by atoms with Crippen molar-refractivity contribution in [1.82, 2.24) is 0 Å². The van der Waals surface area contributed by atoms with Gasteiger partial charge in [0.1, 0.15) is 0 Å². The summed E-state index contributed by atoms with van der Waals surface area (Å²) in [7, 11) is 0. The van der Waals surface area contributed by atoms with Crippen LogP contribution in [0.25, 0.3) is 6.08 Å². The molecule has 14 heavy (non-hydrogen) atoms. The summed E-state index contributed by atoms with van der Waals surface area (Å²) in [6.07, 6.45) is 7.70. The lowest BCUT2D eigenvalue weighted by atomic mass is 10.1. The number of carbonyl (C=O) groups excluding carboxylic acids is 1. The Balaban J connectivity index is 2.07. The van der Waals surface area contributed by atoms with Crippen molar-refractivity contribution >= 4 is 23.3 Å². The maximum absolute atomic E-state index is 10.4. The first-order chi connectivity index (χ1) is 6.79. The first kappa shape index (κ1) is 11.0. The third-order valence-electron chi connectivity index (χ3n) is 1.90. The average Bonchev–Trinajstić information content (AvgIpc) is 2.63. The van der Waals surface area contributed by atoms with E-state index >= 15 is 0 Å². The molecule has 0 aliphatic heterocycles. The second-order valence-electron chi connectivity index (χ2n) is 3.17. The molecule has 1 aromatic heterocycles. The van der Waals surface area contributed by atoms with Gasteiger partial charge in [0.2, 0.25) is 5.91 Å². The molecule has 0 fully saturated rings. The highest BCUT2D eigenvalue weighted by Gasteiger charge is 1.92. The minimum atomic E-state index is -0.202. The minimum Gasteiger partial charge on any atom is -0.370 e. The van der Waals surface area contributed by atoms with Crippen LogP contribution in [-0.4, -0.2) is 5.91 Å². The van der Waals surface area contributed by atoms with E-state index in [0.717, 1.165) is 19.3 Å². The van der Waals surface area contributed by atoms with E-state index in [2.05, 4.69) is 29.0 Å². The Morgan fingerprint density at radius 1 is 1.50 bits per heavy atom. The van der Waals surface area contributed by atoms with Crippen molar-refractivity contribution in [2.75, 3.05) is 0 Å². The molecular formula is C11H15NOS. The Morgan fingerprint density at radius 3 is 3.00 bits per heavy atom. The SMILES string of the molecule is NC(=O)CCCCC=Cc1ccsc1. The normalized spacial score (nSPS) is 10.9. The van der Waals surface area contributed by atoms with Crippen molar-refractivity contribution < 1.29 is 4.79 Å². The molecule has 0 saturated heterocycles. The molecule has 76 valence electrons. The first-order valence-electron chi connectivity index (χ1n) is 4.76. The predicted molar refractivity (Wildman–Crippen MR) is 61.0 cm³/mol. The van der Waals surface area contributed by atoms with Crippen LogP contribution in [0.3, 0.4) is 0 Å². The molecule has 1 amide bonds. The lowest BCUT2D eigenvalue weighted by Crippen LogP contribution is -2.09. The van der Waals surface area contributed by atoms with Crippen LogP contribution in [0.15, 0.2) is 22.9 Å². The maximum atomic E-state index is 10.4. The molecule has 0 bridgehead atoms. The van der Waals surface area contributed by atoms with Crippen LogP contribution in [0.2, 0.25) is 0 Å².